The van der Waals surface area contributed by atoms with Crippen LogP contribution in [0.5, 0.6) is 0 Å². The minimum absolute atomic E-state index is 0. The Balaban J connectivity index is -0.0000000183. The molecule has 0 bridgehead atoms. The highest BCUT2D eigenvalue weighted by Gasteiger charge is 1.61. The zero-order chi connectivity index (χ0) is 43.7. The van der Waals surface area contributed by atoms with Gasteiger partial charge in [-0.15, -0.1) is 0 Å². The van der Waals surface area contributed by atoms with E-state index in [-0.39, 0.29) is 82.9 Å². The van der Waals surface area contributed by atoms with Gasteiger partial charge in [0.2, 0.25) is 0 Å². The summed E-state index contributed by atoms with van der Waals surface area (Å²) in [5.74, 6) is 0. The molecule has 0 amide bonds. The van der Waals surface area contributed by atoms with Crippen molar-refractivity contribution in [1.29, 1.82) is 0 Å². The van der Waals surface area contributed by atoms with Gasteiger partial charge >= 0.3 is 0 Å². The SMILES string of the molecule is C.C.C.C.C.C.C.C.CC.CC.CC.CC.CC.CC.CC.F.F.[2HH].[2HH].[2HH].[2HH].[B].c1ccccc1.c1ccccc1.c1ccccc1.c1ccccc1.c1ccccc1.c1ccccc1.c1ccccc1. The molecule has 7 aromatic rings. The van der Waals surface area contributed by atoms with E-state index < -0.39 is 0 Å². The van der Waals surface area contributed by atoms with Crippen LogP contribution in [0.15, 0.2) is 255 Å². The van der Waals surface area contributed by atoms with Gasteiger partial charge in [-0.2, -0.15) is 0 Å². The molecule has 0 saturated carbocycles. The summed E-state index contributed by atoms with van der Waals surface area (Å²) in [4.78, 5) is 0. The van der Waals surface area contributed by atoms with Gasteiger partial charge in [-0.1, -0.05) is 411 Å². The molecule has 0 N–H and O–H groups in total. The van der Waals surface area contributed by atoms with Crippen molar-refractivity contribution in [2.75, 3.05) is 0 Å². The summed E-state index contributed by atoms with van der Waals surface area (Å²) < 4.78 is 0. The third-order valence-corrected chi connectivity index (χ3v) is 4.67. The average Bonchev–Trinajstić information content (AvgIpc) is 3.38. The van der Waals surface area contributed by atoms with E-state index in [1.165, 1.54) is 0 Å². The minimum atomic E-state index is 0. The molecule has 67 heavy (non-hydrogen) atoms. The van der Waals surface area contributed by atoms with Crippen molar-refractivity contribution in [2.45, 2.75) is 156 Å². The van der Waals surface area contributed by atoms with Gasteiger partial charge in [0, 0.05) is 14.1 Å². The van der Waals surface area contributed by atoms with E-state index in [9.17, 15) is 0 Å². The van der Waals surface area contributed by atoms with E-state index in [4.69, 9.17) is 0 Å². The number of halogens is 2. The monoisotopic (exact) mass is 948 g/mol. The Hall–Kier alpha value is -5.54. The van der Waals surface area contributed by atoms with Gasteiger partial charge < -0.3 is 0 Å². The van der Waals surface area contributed by atoms with Crippen molar-refractivity contribution >= 4 is 8.41 Å². The molecule has 0 fully saturated rings. The molecular weight excluding hydrogens is 818 g/mol. The highest BCUT2D eigenvalue weighted by atomic mass is 19.0. The zero-order valence-corrected chi connectivity index (χ0v) is 39.6. The van der Waals surface area contributed by atoms with Crippen molar-refractivity contribution < 1.29 is 15.1 Å². The maximum Gasteiger partial charge on any atom is 0 e. The number of rotatable bonds is 0. The predicted molar refractivity (Wildman–Crippen MR) is 338 cm³/mol. The molecule has 0 atom stereocenters. The van der Waals surface area contributed by atoms with E-state index in [1.807, 2.05) is 352 Å². The fourth-order valence-corrected chi connectivity index (χ4v) is 2.69. The molecule has 0 heterocycles. The Morgan fingerprint density at radius 3 is 0.149 bits per heavy atom. The lowest BCUT2D eigenvalue weighted by Gasteiger charge is -1.69. The van der Waals surface area contributed by atoms with Crippen LogP contribution in [0, 0.1) is 0 Å². The lowest BCUT2D eigenvalue weighted by Crippen LogP contribution is -1.47. The quantitative estimate of drug-likeness (QED) is 0.133. The molecule has 0 nitrogen and oxygen atoms in total. The first kappa shape index (κ1) is 119. The first-order chi connectivity index (χ1) is 28.0. The third-order valence-electron chi connectivity index (χ3n) is 4.67. The van der Waals surface area contributed by atoms with Crippen molar-refractivity contribution in [3.05, 3.63) is 255 Å². The summed E-state index contributed by atoms with van der Waals surface area (Å²) in [6.07, 6.45) is 0. The molecule has 0 aliphatic heterocycles. The van der Waals surface area contributed by atoms with Crippen LogP contribution in [0.2, 0.25) is 0 Å². The van der Waals surface area contributed by atoms with Crippen LogP contribution in [-0.4, -0.2) is 8.41 Å². The third kappa shape index (κ3) is 155. The van der Waals surface area contributed by atoms with Gasteiger partial charge in [-0.05, 0) is 0 Å². The molecule has 7 aromatic carbocycles. The van der Waals surface area contributed by atoms with Crippen LogP contribution in [0.25, 0.3) is 0 Å². The van der Waals surface area contributed by atoms with Crippen LogP contribution in [0.4, 0.5) is 9.41 Å². The summed E-state index contributed by atoms with van der Waals surface area (Å²) in [5, 5.41) is 0. The second-order valence-corrected chi connectivity index (χ2v) is 8.08. The highest BCUT2D eigenvalue weighted by Crippen LogP contribution is 1.83. The first-order valence-corrected chi connectivity index (χ1v) is 21.0. The molecule has 0 aromatic heterocycles. The standard InChI is InChI=1S/7C6H6.7C2H6.8CH4.B.2FH.4H2/c7*1-2-4-6-5-3-1;7*1-2;;;;;;;;;;;;;;;/h7*1-6H;7*1-2H3;8*1H4;;6*1H/i;;;;;;;;;;;;;;;;;;;;;;;;;4*1+1. The molecule has 0 spiro atoms. The van der Waals surface area contributed by atoms with E-state index in [2.05, 4.69) is 0 Å². The van der Waals surface area contributed by atoms with Gasteiger partial charge in [0.1, 0.15) is 0 Å². The average molecular weight is 949 g/mol. The Morgan fingerprint density at radius 1 is 0.119 bits per heavy atom. The molecule has 3 radical (unpaired) electrons. The second-order valence-electron chi connectivity index (χ2n) is 8.08. The predicted octanol–water partition coefficient (Wildman–Crippen LogP) is 25.0. The zero-order valence-electron chi connectivity index (χ0n) is 39.6. The Kier molecular flexibility index (Phi) is 285. The molecule has 0 aliphatic rings. The Morgan fingerprint density at radius 2 is 0.134 bits per heavy atom. The van der Waals surface area contributed by atoms with Gasteiger partial charge in [-0.3, -0.25) is 9.41 Å². The molecule has 399 valence electrons. The minimum Gasteiger partial charge on any atom is -0.269 e. The number of hydrogen-bond acceptors (Lipinski definition) is 0. The molecule has 0 aliphatic carbocycles. The fourth-order valence-electron chi connectivity index (χ4n) is 2.69. The summed E-state index contributed by atoms with van der Waals surface area (Å²) in [5.41, 5.74) is 0. The maximum atomic E-state index is 2.00. The second kappa shape index (κ2) is 161. The normalized spacial score (nSPS) is 5.64. The molecule has 0 unspecified atom stereocenters. The van der Waals surface area contributed by atoms with Gasteiger partial charge in [0.15, 0.2) is 0 Å². The molecule has 7 rings (SSSR count). The Labute approximate surface area is 433 Å². The van der Waals surface area contributed by atoms with E-state index >= 15 is 0 Å². The van der Waals surface area contributed by atoms with Crippen LogP contribution in [-0.2, 0) is 0 Å². The lowest BCUT2D eigenvalue weighted by molar-refractivity contribution is 1.11. The summed E-state index contributed by atoms with van der Waals surface area (Å²) in [6, 6.07) is 84.0. The lowest BCUT2D eigenvalue weighted by atomic mass is 10.4. The summed E-state index contributed by atoms with van der Waals surface area (Å²) >= 11 is 0. The van der Waals surface area contributed by atoms with Crippen LogP contribution >= 0.6 is 0 Å². The molecule has 3 heteroatoms. The van der Waals surface area contributed by atoms with Crippen molar-refractivity contribution in [3.8, 4) is 0 Å². The number of benzene rings is 7. The Bertz CT molecular complexity index is 856. The summed E-state index contributed by atoms with van der Waals surface area (Å²) in [6.45, 7) is 28.0. The van der Waals surface area contributed by atoms with Gasteiger partial charge in [0.05, 0.1) is 0 Å². The highest BCUT2D eigenvalue weighted by molar-refractivity contribution is 5.75. The molecular formula is C64H126BF2. The van der Waals surface area contributed by atoms with E-state index in [0.717, 1.165) is 0 Å². The first-order valence-electron chi connectivity index (χ1n) is 21.0. The largest absolute Gasteiger partial charge is 0.269 e. The smallest absolute Gasteiger partial charge is 0 e. The summed E-state index contributed by atoms with van der Waals surface area (Å²) in [7, 11) is 0. The van der Waals surface area contributed by atoms with Crippen molar-refractivity contribution in [1.82, 2.24) is 0 Å². The van der Waals surface area contributed by atoms with Crippen LogP contribution in [0.1, 0.15) is 162 Å². The molecule has 0 saturated heterocycles. The van der Waals surface area contributed by atoms with Crippen LogP contribution < -0.4 is 0 Å². The topological polar surface area (TPSA) is 0 Å². The van der Waals surface area contributed by atoms with E-state index in [1.54, 1.807) is 0 Å². The van der Waals surface area contributed by atoms with Gasteiger partial charge in [0.25, 0.3) is 0 Å². The van der Waals surface area contributed by atoms with Gasteiger partial charge in [-0.25, -0.2) is 0 Å². The maximum absolute atomic E-state index is 2.00. The van der Waals surface area contributed by atoms with Crippen LogP contribution in [0.3, 0.4) is 0 Å². The fraction of sp³-hybridized carbons (Fsp3) is 0.344. The van der Waals surface area contributed by atoms with E-state index in [0.29, 0.717) is 0 Å². The number of hydrogen-bond donors (Lipinski definition) is 0. The van der Waals surface area contributed by atoms with Crippen molar-refractivity contribution in [2.24, 2.45) is 0 Å². The van der Waals surface area contributed by atoms with Crippen molar-refractivity contribution in [3.63, 3.8) is 0 Å².